The zero-order chi connectivity index (χ0) is 21.8. The largest absolute Gasteiger partial charge is 0.452 e. The smallest absolute Gasteiger partial charge is 0.431 e. The quantitative estimate of drug-likeness (QED) is 0.618. The van der Waals surface area contributed by atoms with Crippen LogP contribution in [-0.4, -0.2) is 41.9 Å². The minimum Gasteiger partial charge on any atom is -0.431 e. The molecule has 0 atom stereocenters. The van der Waals surface area contributed by atoms with Crippen LogP contribution in [0.25, 0.3) is 11.5 Å². The summed E-state index contributed by atoms with van der Waals surface area (Å²) < 4.78 is 45.3. The van der Waals surface area contributed by atoms with Crippen LogP contribution >= 0.6 is 0 Å². The van der Waals surface area contributed by atoms with Crippen LogP contribution in [-0.2, 0) is 12.6 Å². The maximum absolute atomic E-state index is 13.5. The maximum atomic E-state index is 13.5. The number of anilines is 1. The standard InChI is InChI=1S/C22H21F3N4O2/c23-22(24,25)20-19(28-21(31-20)16-5-2-1-3-6-16)17(30)13-15-7-8-18(27-14-15)29-11-4-9-26-10-12-29/h1-3,5-8,14,26H,4,9-13H2. The molecule has 31 heavy (non-hydrogen) atoms. The molecule has 0 aliphatic carbocycles. The number of rotatable bonds is 5. The monoisotopic (exact) mass is 430 g/mol. The minimum atomic E-state index is -4.83. The van der Waals surface area contributed by atoms with Crippen molar-refractivity contribution in [2.24, 2.45) is 0 Å². The van der Waals surface area contributed by atoms with Gasteiger partial charge < -0.3 is 14.6 Å². The molecule has 1 N–H and O–H groups in total. The van der Waals surface area contributed by atoms with Crippen molar-refractivity contribution in [2.75, 3.05) is 31.1 Å². The molecular formula is C22H21F3N4O2. The Bertz CT molecular complexity index is 1030. The molecule has 1 aliphatic rings. The van der Waals surface area contributed by atoms with Gasteiger partial charge in [0.2, 0.25) is 11.7 Å². The average Bonchev–Trinajstić information content (AvgIpc) is 3.06. The predicted molar refractivity (Wildman–Crippen MR) is 109 cm³/mol. The van der Waals surface area contributed by atoms with Crippen LogP contribution in [0.15, 0.2) is 53.1 Å². The third kappa shape index (κ3) is 4.93. The van der Waals surface area contributed by atoms with Gasteiger partial charge in [-0.05, 0) is 36.7 Å². The Morgan fingerprint density at radius 2 is 1.90 bits per heavy atom. The van der Waals surface area contributed by atoms with Crippen LogP contribution in [0, 0.1) is 0 Å². The summed E-state index contributed by atoms with van der Waals surface area (Å²) in [4.78, 5) is 23.1. The molecule has 0 radical (unpaired) electrons. The number of alkyl halides is 3. The van der Waals surface area contributed by atoms with Crippen molar-refractivity contribution in [3.05, 3.63) is 65.7 Å². The molecule has 1 fully saturated rings. The highest BCUT2D eigenvalue weighted by Gasteiger charge is 2.41. The Balaban J connectivity index is 1.54. The van der Waals surface area contributed by atoms with E-state index < -0.39 is 23.4 Å². The topological polar surface area (TPSA) is 71.3 Å². The molecule has 1 saturated heterocycles. The normalized spacial score (nSPS) is 15.0. The molecule has 0 saturated carbocycles. The fourth-order valence-electron chi connectivity index (χ4n) is 3.46. The second-order valence-electron chi connectivity index (χ2n) is 7.28. The molecule has 1 aliphatic heterocycles. The van der Waals surface area contributed by atoms with Crippen molar-refractivity contribution in [3.8, 4) is 11.5 Å². The summed E-state index contributed by atoms with van der Waals surface area (Å²) in [7, 11) is 0. The number of hydrogen-bond acceptors (Lipinski definition) is 6. The van der Waals surface area contributed by atoms with Gasteiger partial charge in [0.1, 0.15) is 5.82 Å². The Hall–Kier alpha value is -3.20. The summed E-state index contributed by atoms with van der Waals surface area (Å²) in [6.45, 7) is 3.50. The van der Waals surface area contributed by atoms with E-state index in [0.29, 0.717) is 11.1 Å². The number of benzene rings is 1. The summed E-state index contributed by atoms with van der Waals surface area (Å²) >= 11 is 0. The van der Waals surface area contributed by atoms with Crippen LogP contribution in [0.2, 0.25) is 0 Å². The third-order valence-electron chi connectivity index (χ3n) is 5.01. The summed E-state index contributed by atoms with van der Waals surface area (Å²) in [5, 5.41) is 3.31. The van der Waals surface area contributed by atoms with E-state index in [-0.39, 0.29) is 12.3 Å². The first-order valence-corrected chi connectivity index (χ1v) is 9.99. The van der Waals surface area contributed by atoms with E-state index >= 15 is 0 Å². The van der Waals surface area contributed by atoms with Crippen LogP contribution < -0.4 is 10.2 Å². The van der Waals surface area contributed by atoms with Crippen LogP contribution in [0.3, 0.4) is 0 Å². The summed E-state index contributed by atoms with van der Waals surface area (Å²) in [6, 6.07) is 11.7. The highest BCUT2D eigenvalue weighted by atomic mass is 19.4. The van der Waals surface area contributed by atoms with Gasteiger partial charge in [0, 0.05) is 37.8 Å². The van der Waals surface area contributed by atoms with Gasteiger partial charge in [0.25, 0.3) is 0 Å². The van der Waals surface area contributed by atoms with Gasteiger partial charge in [0.15, 0.2) is 11.5 Å². The molecule has 0 bridgehead atoms. The van der Waals surface area contributed by atoms with Crippen molar-refractivity contribution < 1.29 is 22.4 Å². The Kier molecular flexibility index (Phi) is 6.03. The van der Waals surface area contributed by atoms with Crippen molar-refractivity contribution in [3.63, 3.8) is 0 Å². The highest BCUT2D eigenvalue weighted by Crippen LogP contribution is 2.35. The fraction of sp³-hybridized carbons (Fsp3) is 0.318. The van der Waals surface area contributed by atoms with E-state index in [1.807, 2.05) is 0 Å². The first kappa shape index (κ1) is 21.0. The van der Waals surface area contributed by atoms with Crippen LogP contribution in [0.4, 0.5) is 19.0 Å². The molecule has 6 nitrogen and oxygen atoms in total. The number of carbonyl (C=O) groups excluding carboxylic acids is 1. The number of nitrogens with one attached hydrogen (secondary N) is 1. The molecule has 9 heteroatoms. The molecular weight excluding hydrogens is 409 g/mol. The third-order valence-corrected chi connectivity index (χ3v) is 5.01. The van der Waals surface area contributed by atoms with Crippen molar-refractivity contribution in [2.45, 2.75) is 19.0 Å². The molecule has 3 aromatic rings. The number of oxazole rings is 1. The average molecular weight is 430 g/mol. The second kappa shape index (κ2) is 8.89. The number of pyridine rings is 1. The molecule has 162 valence electrons. The van der Waals surface area contributed by atoms with Gasteiger partial charge in [-0.15, -0.1) is 0 Å². The predicted octanol–water partition coefficient (Wildman–Crippen LogP) is 3.98. The lowest BCUT2D eigenvalue weighted by Crippen LogP contribution is -2.28. The number of carbonyl (C=O) groups is 1. The Morgan fingerprint density at radius 1 is 1.10 bits per heavy atom. The molecule has 1 aromatic carbocycles. The lowest BCUT2D eigenvalue weighted by molar-refractivity contribution is -0.153. The molecule has 0 unspecified atom stereocenters. The molecule has 4 rings (SSSR count). The number of hydrogen-bond donors (Lipinski definition) is 1. The summed E-state index contributed by atoms with van der Waals surface area (Å²) in [5.41, 5.74) is 0.165. The lowest BCUT2D eigenvalue weighted by atomic mass is 10.1. The van der Waals surface area contributed by atoms with Gasteiger partial charge in [-0.1, -0.05) is 24.3 Å². The van der Waals surface area contributed by atoms with Crippen molar-refractivity contribution >= 4 is 11.6 Å². The number of ketones is 1. The van der Waals surface area contributed by atoms with Crippen LogP contribution in [0.5, 0.6) is 0 Å². The Morgan fingerprint density at radius 3 is 2.61 bits per heavy atom. The molecule has 2 aromatic heterocycles. The van der Waals surface area contributed by atoms with Gasteiger partial charge in [-0.2, -0.15) is 13.2 Å². The lowest BCUT2D eigenvalue weighted by Gasteiger charge is -2.21. The summed E-state index contributed by atoms with van der Waals surface area (Å²) in [6.07, 6.45) is -2.55. The van der Waals surface area contributed by atoms with Crippen molar-refractivity contribution in [1.29, 1.82) is 0 Å². The number of nitrogens with zero attached hydrogens (tertiary/aromatic N) is 3. The van der Waals surface area contributed by atoms with E-state index in [2.05, 4.69) is 20.2 Å². The van der Waals surface area contributed by atoms with Gasteiger partial charge in [-0.25, -0.2) is 9.97 Å². The number of aromatic nitrogens is 2. The first-order valence-electron chi connectivity index (χ1n) is 9.99. The van der Waals surface area contributed by atoms with E-state index in [1.165, 1.54) is 6.20 Å². The van der Waals surface area contributed by atoms with Crippen LogP contribution in [0.1, 0.15) is 28.2 Å². The molecule has 0 spiro atoms. The first-order chi connectivity index (χ1) is 14.9. The zero-order valence-corrected chi connectivity index (χ0v) is 16.7. The number of Topliss-reactive ketones (excluding diaryl/α,β-unsaturated/α-hetero) is 1. The minimum absolute atomic E-state index is 0.237. The van der Waals surface area contributed by atoms with E-state index in [4.69, 9.17) is 4.42 Å². The highest BCUT2D eigenvalue weighted by molar-refractivity contribution is 5.97. The summed E-state index contributed by atoms with van der Waals surface area (Å²) in [5.74, 6) is -1.60. The molecule has 3 heterocycles. The fourth-order valence-corrected chi connectivity index (χ4v) is 3.46. The van der Waals surface area contributed by atoms with Gasteiger partial charge in [0.05, 0.1) is 0 Å². The van der Waals surface area contributed by atoms with E-state index in [0.717, 1.165) is 38.4 Å². The van der Waals surface area contributed by atoms with E-state index in [1.54, 1.807) is 42.5 Å². The van der Waals surface area contributed by atoms with E-state index in [9.17, 15) is 18.0 Å². The van der Waals surface area contributed by atoms with Crippen molar-refractivity contribution in [1.82, 2.24) is 15.3 Å². The zero-order valence-electron chi connectivity index (χ0n) is 16.7. The Labute approximate surface area is 177 Å². The second-order valence-corrected chi connectivity index (χ2v) is 7.28. The molecule has 0 amide bonds. The van der Waals surface area contributed by atoms with Gasteiger partial charge >= 0.3 is 6.18 Å². The SMILES string of the molecule is O=C(Cc1ccc(N2CCCNCC2)nc1)c1nc(-c2ccccc2)oc1C(F)(F)F. The number of halogens is 3. The maximum Gasteiger partial charge on any atom is 0.452 e. The van der Waals surface area contributed by atoms with Gasteiger partial charge in [-0.3, -0.25) is 4.79 Å².